The Kier molecular flexibility index (Phi) is 3.62. The van der Waals surface area contributed by atoms with E-state index in [9.17, 15) is 18.0 Å². The third kappa shape index (κ3) is 2.96. The Balaban J connectivity index is 2.40. The first-order valence-electron chi connectivity index (χ1n) is 5.34. The lowest BCUT2D eigenvalue weighted by Crippen LogP contribution is -2.04. The number of hydrogen-bond acceptors (Lipinski definition) is 1. The minimum Gasteiger partial charge on any atom is -0.298 e. The van der Waals surface area contributed by atoms with Gasteiger partial charge in [-0.25, -0.2) is 0 Å². The van der Waals surface area contributed by atoms with Crippen LogP contribution in [0.4, 0.5) is 13.2 Å². The van der Waals surface area contributed by atoms with Crippen LogP contribution in [0.15, 0.2) is 42.5 Å². The van der Waals surface area contributed by atoms with Gasteiger partial charge in [0.2, 0.25) is 0 Å². The molecule has 2 rings (SSSR count). The van der Waals surface area contributed by atoms with Gasteiger partial charge in [0.1, 0.15) is 6.29 Å². The molecule has 0 radical (unpaired) electrons. The van der Waals surface area contributed by atoms with Crippen molar-refractivity contribution in [2.45, 2.75) is 6.18 Å². The van der Waals surface area contributed by atoms with E-state index in [0.717, 1.165) is 12.1 Å². The summed E-state index contributed by atoms with van der Waals surface area (Å²) in [5.74, 6) is 0. The van der Waals surface area contributed by atoms with Gasteiger partial charge in [0.25, 0.3) is 0 Å². The molecule has 0 bridgehead atoms. The van der Waals surface area contributed by atoms with Crippen molar-refractivity contribution < 1.29 is 18.0 Å². The maximum Gasteiger partial charge on any atom is 0.416 e. The van der Waals surface area contributed by atoms with E-state index in [2.05, 4.69) is 0 Å². The van der Waals surface area contributed by atoms with E-state index in [1.165, 1.54) is 18.2 Å². The van der Waals surface area contributed by atoms with Crippen molar-refractivity contribution in [1.29, 1.82) is 0 Å². The average molecular weight is 285 g/mol. The summed E-state index contributed by atoms with van der Waals surface area (Å²) in [5, 5.41) is 0.323. The van der Waals surface area contributed by atoms with Crippen molar-refractivity contribution in [3.05, 3.63) is 58.6 Å². The summed E-state index contributed by atoms with van der Waals surface area (Å²) in [6.45, 7) is 0. The van der Waals surface area contributed by atoms with Gasteiger partial charge >= 0.3 is 6.18 Å². The van der Waals surface area contributed by atoms with Crippen LogP contribution in [0.1, 0.15) is 15.9 Å². The molecule has 0 saturated heterocycles. The largest absolute Gasteiger partial charge is 0.416 e. The third-order valence-electron chi connectivity index (χ3n) is 2.65. The molecule has 0 spiro atoms. The first kappa shape index (κ1) is 13.6. The maximum atomic E-state index is 12.4. The molecule has 98 valence electrons. The number of rotatable bonds is 2. The highest BCUT2D eigenvalue weighted by Crippen LogP contribution is 2.33. The van der Waals surface area contributed by atoms with Crippen LogP contribution in [-0.4, -0.2) is 6.29 Å². The highest BCUT2D eigenvalue weighted by Gasteiger charge is 2.29. The molecule has 0 aliphatic carbocycles. The van der Waals surface area contributed by atoms with Crippen LogP contribution in [0.25, 0.3) is 11.1 Å². The number of benzene rings is 2. The molecule has 0 aliphatic heterocycles. The number of carbonyl (C=O) groups is 1. The Hall–Kier alpha value is -1.81. The molecule has 0 N–H and O–H groups in total. The molecule has 0 saturated carbocycles. The van der Waals surface area contributed by atoms with E-state index in [0.29, 0.717) is 28.0 Å². The molecule has 2 aromatic carbocycles. The zero-order chi connectivity index (χ0) is 14.0. The smallest absolute Gasteiger partial charge is 0.298 e. The van der Waals surface area contributed by atoms with E-state index >= 15 is 0 Å². The summed E-state index contributed by atoms with van der Waals surface area (Å²) in [4.78, 5) is 10.6. The van der Waals surface area contributed by atoms with Crippen molar-refractivity contribution in [3.8, 4) is 11.1 Å². The van der Waals surface area contributed by atoms with Crippen LogP contribution in [0, 0.1) is 0 Å². The molecule has 5 heteroatoms. The molecule has 0 atom stereocenters. The normalized spacial score (nSPS) is 11.4. The second-order valence-electron chi connectivity index (χ2n) is 3.93. The zero-order valence-corrected chi connectivity index (χ0v) is 10.3. The van der Waals surface area contributed by atoms with Gasteiger partial charge in [0.05, 0.1) is 5.56 Å². The molecule has 2 aromatic rings. The van der Waals surface area contributed by atoms with Gasteiger partial charge in [-0.15, -0.1) is 0 Å². The quantitative estimate of drug-likeness (QED) is 0.721. The number of halogens is 4. The zero-order valence-electron chi connectivity index (χ0n) is 9.54. The molecule has 0 unspecified atom stereocenters. The van der Waals surface area contributed by atoms with Crippen molar-refractivity contribution >= 4 is 17.9 Å². The van der Waals surface area contributed by atoms with E-state index in [4.69, 9.17) is 11.6 Å². The average Bonchev–Trinajstić information content (AvgIpc) is 2.37. The molecular weight excluding hydrogens is 277 g/mol. The van der Waals surface area contributed by atoms with Crippen LogP contribution < -0.4 is 0 Å². The van der Waals surface area contributed by atoms with Crippen LogP contribution in [-0.2, 0) is 6.18 Å². The second-order valence-corrected chi connectivity index (χ2v) is 4.34. The number of alkyl halides is 3. The van der Waals surface area contributed by atoms with E-state index in [1.54, 1.807) is 12.1 Å². The van der Waals surface area contributed by atoms with Crippen molar-refractivity contribution in [3.63, 3.8) is 0 Å². The van der Waals surface area contributed by atoms with Crippen LogP contribution in [0.5, 0.6) is 0 Å². The SMILES string of the molecule is O=Cc1ccc(-c2ccc(C(F)(F)F)cc2)c(Cl)c1. The van der Waals surface area contributed by atoms with E-state index in [-0.39, 0.29) is 0 Å². The predicted octanol–water partition coefficient (Wildman–Crippen LogP) is 4.84. The van der Waals surface area contributed by atoms with Gasteiger partial charge in [-0.3, -0.25) is 4.79 Å². The Morgan fingerprint density at radius 3 is 2.11 bits per heavy atom. The first-order valence-corrected chi connectivity index (χ1v) is 5.72. The molecular formula is C14H8ClF3O. The highest BCUT2D eigenvalue weighted by molar-refractivity contribution is 6.33. The fourth-order valence-electron chi connectivity index (χ4n) is 1.68. The van der Waals surface area contributed by atoms with Gasteiger partial charge in [-0.1, -0.05) is 35.9 Å². The molecule has 0 fully saturated rings. The van der Waals surface area contributed by atoms with Crippen molar-refractivity contribution in [2.75, 3.05) is 0 Å². The lowest BCUT2D eigenvalue weighted by atomic mass is 10.0. The molecule has 0 aliphatic rings. The maximum absolute atomic E-state index is 12.4. The van der Waals surface area contributed by atoms with Gasteiger partial charge in [0, 0.05) is 16.1 Å². The molecule has 0 amide bonds. The monoisotopic (exact) mass is 284 g/mol. The van der Waals surface area contributed by atoms with Gasteiger partial charge in [-0.2, -0.15) is 13.2 Å². The van der Waals surface area contributed by atoms with E-state index in [1.807, 2.05) is 0 Å². The lowest BCUT2D eigenvalue weighted by Gasteiger charge is -2.09. The molecule has 0 aromatic heterocycles. The summed E-state index contributed by atoms with van der Waals surface area (Å²) in [6, 6.07) is 9.34. The fourth-order valence-corrected chi connectivity index (χ4v) is 1.98. The minimum atomic E-state index is -4.36. The van der Waals surface area contributed by atoms with Crippen molar-refractivity contribution in [2.24, 2.45) is 0 Å². The molecule has 1 nitrogen and oxygen atoms in total. The summed E-state index contributed by atoms with van der Waals surface area (Å²) >= 11 is 5.99. The summed E-state index contributed by atoms with van der Waals surface area (Å²) in [7, 11) is 0. The van der Waals surface area contributed by atoms with Crippen molar-refractivity contribution in [1.82, 2.24) is 0 Å². The number of hydrogen-bond donors (Lipinski definition) is 0. The van der Waals surface area contributed by atoms with E-state index < -0.39 is 11.7 Å². The van der Waals surface area contributed by atoms with Crippen LogP contribution in [0.3, 0.4) is 0 Å². The molecule has 0 heterocycles. The summed E-state index contributed by atoms with van der Waals surface area (Å²) < 4.78 is 37.3. The first-order chi connectivity index (χ1) is 8.91. The molecule has 19 heavy (non-hydrogen) atoms. The second kappa shape index (κ2) is 5.05. The predicted molar refractivity (Wildman–Crippen MR) is 67.3 cm³/mol. The standard InChI is InChI=1S/C14H8ClF3O/c15-13-7-9(8-19)1-6-12(13)10-2-4-11(5-3-10)14(16,17)18/h1-8H. The Morgan fingerprint density at radius 1 is 1.00 bits per heavy atom. The highest BCUT2D eigenvalue weighted by atomic mass is 35.5. The van der Waals surface area contributed by atoms with Gasteiger partial charge in [-0.05, 0) is 23.8 Å². The Labute approximate surface area is 112 Å². The summed E-state index contributed by atoms with van der Waals surface area (Å²) in [5.41, 5.74) is 0.856. The number of carbonyl (C=O) groups excluding carboxylic acids is 1. The number of aldehydes is 1. The minimum absolute atomic E-state index is 0.323. The third-order valence-corrected chi connectivity index (χ3v) is 2.97. The van der Waals surface area contributed by atoms with Crippen LogP contribution in [0.2, 0.25) is 5.02 Å². The van der Waals surface area contributed by atoms with Crippen LogP contribution >= 0.6 is 11.6 Å². The Bertz CT molecular complexity index is 603. The topological polar surface area (TPSA) is 17.1 Å². The Morgan fingerprint density at radius 2 is 1.63 bits per heavy atom. The van der Waals surface area contributed by atoms with Gasteiger partial charge < -0.3 is 0 Å². The fraction of sp³-hybridized carbons (Fsp3) is 0.0714. The lowest BCUT2D eigenvalue weighted by molar-refractivity contribution is -0.137. The summed E-state index contributed by atoms with van der Waals surface area (Å²) in [6.07, 6.45) is -3.70. The van der Waals surface area contributed by atoms with Gasteiger partial charge in [0.15, 0.2) is 0 Å².